The van der Waals surface area contributed by atoms with Crippen molar-refractivity contribution in [2.45, 2.75) is 26.3 Å². The maximum absolute atomic E-state index is 12.5. The molecule has 1 heterocycles. The van der Waals surface area contributed by atoms with Crippen LogP contribution in [0.2, 0.25) is 0 Å². The molecular weight excluding hydrogens is 213 g/mol. The minimum absolute atomic E-state index is 0.458. The predicted octanol–water partition coefficient (Wildman–Crippen LogP) is 3.83. The van der Waals surface area contributed by atoms with E-state index < -0.39 is 5.83 Å². The van der Waals surface area contributed by atoms with Crippen LogP contribution in [0.5, 0.6) is 0 Å². The number of aromatic nitrogens is 1. The minimum Gasteiger partial charge on any atom is -0.208 e. The van der Waals surface area contributed by atoms with Crippen molar-refractivity contribution in [3.63, 3.8) is 0 Å². The van der Waals surface area contributed by atoms with Crippen LogP contribution in [-0.2, 0) is 6.54 Å². The Bertz CT molecular complexity index is 415. The van der Waals surface area contributed by atoms with E-state index in [0.29, 0.717) is 0 Å². The van der Waals surface area contributed by atoms with Gasteiger partial charge in [0.2, 0.25) is 0 Å². The molecule has 1 nitrogen and oxygen atoms in total. The van der Waals surface area contributed by atoms with Gasteiger partial charge in [-0.15, -0.1) is 0 Å². The highest BCUT2D eigenvalue weighted by molar-refractivity contribution is 5.71. The fourth-order valence-electron chi connectivity index (χ4n) is 1.45. The van der Waals surface area contributed by atoms with Crippen LogP contribution < -0.4 is 4.57 Å². The van der Waals surface area contributed by atoms with Gasteiger partial charge in [-0.2, -0.15) is 0 Å². The highest BCUT2D eigenvalue weighted by Crippen LogP contribution is 2.12. The Morgan fingerprint density at radius 2 is 1.94 bits per heavy atom. The fourth-order valence-corrected chi connectivity index (χ4v) is 1.45. The molecule has 0 radical (unpaired) electrons. The van der Waals surface area contributed by atoms with Gasteiger partial charge in [0.25, 0.3) is 0 Å². The van der Waals surface area contributed by atoms with Crippen molar-refractivity contribution in [2.24, 2.45) is 0 Å². The molecule has 0 aliphatic heterocycles. The molecule has 0 fully saturated rings. The van der Waals surface area contributed by atoms with Crippen molar-refractivity contribution in [1.82, 2.24) is 0 Å². The van der Waals surface area contributed by atoms with Crippen LogP contribution in [0.25, 0.3) is 5.57 Å². The number of unbranched alkanes of at least 4 members (excludes halogenated alkanes) is 1. The van der Waals surface area contributed by atoms with E-state index in [-0.39, 0.29) is 0 Å². The first-order valence-electron chi connectivity index (χ1n) is 5.84. The highest BCUT2D eigenvalue weighted by Gasteiger charge is 2.01. The molecule has 1 aromatic rings. The topological polar surface area (TPSA) is 3.88 Å². The zero-order chi connectivity index (χ0) is 12.7. The van der Waals surface area contributed by atoms with Crippen molar-refractivity contribution >= 4 is 5.57 Å². The minimum atomic E-state index is -0.458. The summed E-state index contributed by atoms with van der Waals surface area (Å²) in [4.78, 5) is 0. The molecule has 0 saturated carbocycles. The van der Waals surface area contributed by atoms with Crippen molar-refractivity contribution in [3.05, 3.63) is 61.2 Å². The van der Waals surface area contributed by atoms with Gasteiger partial charge in [0.1, 0.15) is 12.4 Å². The standard InChI is InChI=1S/C15H19FN/c1-4-5-10-17-11-8-15(9-12-17)13(2)6-7-14(3)16/h6-9,11-12H,2-5,10H2,1H3/q+1/b7-6-. The first-order chi connectivity index (χ1) is 8.13. The first-order valence-corrected chi connectivity index (χ1v) is 5.84. The average Bonchev–Trinajstić information content (AvgIpc) is 2.34. The number of rotatable bonds is 6. The van der Waals surface area contributed by atoms with Crippen molar-refractivity contribution in [1.29, 1.82) is 0 Å². The predicted molar refractivity (Wildman–Crippen MR) is 70.0 cm³/mol. The molecular formula is C15H19FN+. The number of halogens is 1. The van der Waals surface area contributed by atoms with Gasteiger partial charge in [0.05, 0.1) is 0 Å². The Morgan fingerprint density at radius 3 is 2.47 bits per heavy atom. The summed E-state index contributed by atoms with van der Waals surface area (Å²) in [7, 11) is 0. The lowest BCUT2D eigenvalue weighted by molar-refractivity contribution is -0.697. The lowest BCUT2D eigenvalue weighted by Crippen LogP contribution is -2.32. The van der Waals surface area contributed by atoms with Gasteiger partial charge in [-0.05, 0) is 17.2 Å². The first kappa shape index (κ1) is 13.4. The van der Waals surface area contributed by atoms with Crippen LogP contribution in [0.1, 0.15) is 25.3 Å². The van der Waals surface area contributed by atoms with Crippen LogP contribution in [-0.4, -0.2) is 0 Å². The zero-order valence-corrected chi connectivity index (χ0v) is 10.3. The number of aryl methyl sites for hydroxylation is 1. The van der Waals surface area contributed by atoms with Crippen LogP contribution in [0.15, 0.2) is 55.7 Å². The lowest BCUT2D eigenvalue weighted by Gasteiger charge is -2.00. The normalized spacial score (nSPS) is 10.7. The van der Waals surface area contributed by atoms with E-state index >= 15 is 0 Å². The molecule has 0 saturated heterocycles. The molecule has 0 unspecified atom stereocenters. The van der Waals surface area contributed by atoms with Gasteiger partial charge in [0.15, 0.2) is 12.4 Å². The Balaban J connectivity index is 2.67. The average molecular weight is 232 g/mol. The molecule has 2 heteroatoms. The van der Waals surface area contributed by atoms with Crippen molar-refractivity contribution in [3.8, 4) is 0 Å². The molecule has 0 amide bonds. The van der Waals surface area contributed by atoms with E-state index in [1.807, 2.05) is 24.5 Å². The van der Waals surface area contributed by atoms with Crippen molar-refractivity contribution in [2.75, 3.05) is 0 Å². The number of hydrogen-bond donors (Lipinski definition) is 0. The Hall–Kier alpha value is -1.70. The molecule has 0 spiro atoms. The summed E-state index contributed by atoms with van der Waals surface area (Å²) < 4.78 is 14.6. The molecule has 0 aromatic carbocycles. The summed E-state index contributed by atoms with van der Waals surface area (Å²) in [6.45, 7) is 10.3. The summed E-state index contributed by atoms with van der Waals surface area (Å²) >= 11 is 0. The maximum atomic E-state index is 12.5. The SMILES string of the molecule is C=C(F)/C=C\C(=C)c1cc[n+](CCCC)cc1. The summed E-state index contributed by atoms with van der Waals surface area (Å²) in [5.74, 6) is -0.458. The highest BCUT2D eigenvalue weighted by atomic mass is 19.1. The zero-order valence-electron chi connectivity index (χ0n) is 10.3. The number of allylic oxidation sites excluding steroid dienone is 4. The Morgan fingerprint density at radius 1 is 1.29 bits per heavy atom. The maximum Gasteiger partial charge on any atom is 0.169 e. The molecule has 0 N–H and O–H groups in total. The third kappa shape index (κ3) is 4.77. The summed E-state index contributed by atoms with van der Waals surface area (Å²) in [5, 5.41) is 0. The van der Waals surface area contributed by atoms with Gasteiger partial charge in [-0.3, -0.25) is 0 Å². The molecule has 0 bridgehead atoms. The largest absolute Gasteiger partial charge is 0.208 e. The second-order valence-electron chi connectivity index (χ2n) is 3.98. The van der Waals surface area contributed by atoms with Gasteiger partial charge in [-0.1, -0.05) is 32.6 Å². The van der Waals surface area contributed by atoms with Gasteiger partial charge >= 0.3 is 0 Å². The molecule has 0 aliphatic carbocycles. The van der Waals surface area contributed by atoms with E-state index in [4.69, 9.17) is 0 Å². The fraction of sp³-hybridized carbons (Fsp3) is 0.267. The number of nitrogens with zero attached hydrogens (tertiary/aromatic N) is 1. The third-order valence-electron chi connectivity index (χ3n) is 2.50. The summed E-state index contributed by atoms with van der Waals surface area (Å²) in [6, 6.07) is 3.98. The van der Waals surface area contributed by atoms with E-state index in [1.54, 1.807) is 6.08 Å². The Kier molecular flexibility index (Phi) is 5.34. The van der Waals surface area contributed by atoms with E-state index in [9.17, 15) is 4.39 Å². The summed E-state index contributed by atoms with van der Waals surface area (Å²) in [6.07, 6.45) is 9.35. The lowest BCUT2D eigenvalue weighted by atomic mass is 10.1. The van der Waals surface area contributed by atoms with Gasteiger partial charge < -0.3 is 0 Å². The van der Waals surface area contributed by atoms with E-state index in [0.717, 1.165) is 17.7 Å². The smallest absolute Gasteiger partial charge is 0.169 e. The van der Waals surface area contributed by atoms with Crippen LogP contribution in [0.4, 0.5) is 4.39 Å². The molecule has 1 rings (SSSR count). The molecule has 90 valence electrons. The van der Waals surface area contributed by atoms with Crippen LogP contribution >= 0.6 is 0 Å². The quantitative estimate of drug-likeness (QED) is 0.518. The van der Waals surface area contributed by atoms with Crippen LogP contribution in [0, 0.1) is 0 Å². The monoisotopic (exact) mass is 232 g/mol. The molecule has 17 heavy (non-hydrogen) atoms. The van der Waals surface area contributed by atoms with E-state index in [2.05, 4.69) is 24.6 Å². The number of hydrogen-bond acceptors (Lipinski definition) is 0. The number of pyridine rings is 1. The van der Waals surface area contributed by atoms with Crippen molar-refractivity contribution < 1.29 is 8.96 Å². The Labute approximate surface area is 103 Å². The summed E-state index contributed by atoms with van der Waals surface area (Å²) in [5.41, 5.74) is 1.78. The van der Waals surface area contributed by atoms with Gasteiger partial charge in [-0.25, -0.2) is 8.96 Å². The van der Waals surface area contributed by atoms with Crippen LogP contribution in [0.3, 0.4) is 0 Å². The second kappa shape index (κ2) is 6.79. The van der Waals surface area contributed by atoms with E-state index in [1.165, 1.54) is 18.9 Å². The molecule has 1 aromatic heterocycles. The second-order valence-corrected chi connectivity index (χ2v) is 3.98. The van der Waals surface area contributed by atoms with Gasteiger partial charge in [0, 0.05) is 18.6 Å². The molecule has 0 aliphatic rings. The third-order valence-corrected chi connectivity index (χ3v) is 2.50. The molecule has 0 atom stereocenters.